The summed E-state index contributed by atoms with van der Waals surface area (Å²) in [6.45, 7) is 0. The molecule has 0 saturated heterocycles. The Hall–Kier alpha value is -1.84. The highest BCUT2D eigenvalue weighted by Gasteiger charge is 2.26. The minimum Gasteiger partial charge on any atom is -0.478 e. The average molecular weight is 191 g/mol. The van der Waals surface area contributed by atoms with Gasteiger partial charge >= 0.3 is 0 Å². The standard InChI is InChI=1S/C10H9NO3/c12-6-5-9-10(13)11-7-3-1-2-4-8(7)14-9/h1-4,6,9H,5H2,(H,11,13). The molecule has 2 rings (SSSR count). The molecule has 1 aromatic carbocycles. The summed E-state index contributed by atoms with van der Waals surface area (Å²) in [5.41, 5.74) is 0.652. The van der Waals surface area contributed by atoms with Crippen LogP contribution in [0.5, 0.6) is 5.75 Å². The predicted molar refractivity (Wildman–Crippen MR) is 50.2 cm³/mol. The van der Waals surface area contributed by atoms with Crippen LogP contribution in [0.15, 0.2) is 24.3 Å². The highest BCUT2D eigenvalue weighted by atomic mass is 16.5. The van der Waals surface area contributed by atoms with Crippen molar-refractivity contribution in [2.75, 3.05) is 5.32 Å². The molecule has 1 aromatic rings. The van der Waals surface area contributed by atoms with Gasteiger partial charge in [0.25, 0.3) is 5.91 Å². The molecule has 4 nitrogen and oxygen atoms in total. The zero-order valence-electron chi connectivity index (χ0n) is 7.40. The van der Waals surface area contributed by atoms with Crippen LogP contribution < -0.4 is 10.1 Å². The van der Waals surface area contributed by atoms with E-state index in [9.17, 15) is 9.59 Å². The zero-order chi connectivity index (χ0) is 9.97. The first kappa shape index (κ1) is 8.74. The van der Waals surface area contributed by atoms with Gasteiger partial charge in [0.05, 0.1) is 5.69 Å². The van der Waals surface area contributed by atoms with Crippen molar-refractivity contribution in [2.24, 2.45) is 0 Å². The van der Waals surface area contributed by atoms with Crippen molar-refractivity contribution >= 4 is 17.9 Å². The van der Waals surface area contributed by atoms with E-state index in [1.54, 1.807) is 12.1 Å². The molecule has 0 fully saturated rings. The molecule has 0 aromatic heterocycles. The number of rotatable bonds is 2. The second-order valence-electron chi connectivity index (χ2n) is 2.99. The third-order valence-corrected chi connectivity index (χ3v) is 2.02. The van der Waals surface area contributed by atoms with Gasteiger partial charge in [-0.3, -0.25) is 4.79 Å². The molecule has 14 heavy (non-hydrogen) atoms. The van der Waals surface area contributed by atoms with E-state index in [0.29, 0.717) is 17.7 Å². The minimum absolute atomic E-state index is 0.0835. The lowest BCUT2D eigenvalue weighted by atomic mass is 10.2. The van der Waals surface area contributed by atoms with E-state index in [1.807, 2.05) is 12.1 Å². The van der Waals surface area contributed by atoms with Crippen LogP contribution in [0.4, 0.5) is 5.69 Å². The Morgan fingerprint density at radius 1 is 1.43 bits per heavy atom. The molecule has 0 spiro atoms. The molecule has 0 aliphatic carbocycles. The van der Waals surface area contributed by atoms with Gasteiger partial charge in [0.15, 0.2) is 6.10 Å². The maximum Gasteiger partial charge on any atom is 0.266 e. The molecular formula is C10H9NO3. The van der Waals surface area contributed by atoms with E-state index in [-0.39, 0.29) is 12.3 Å². The lowest BCUT2D eigenvalue weighted by Gasteiger charge is -2.24. The number of carbonyl (C=O) groups is 2. The highest BCUT2D eigenvalue weighted by Crippen LogP contribution is 2.29. The Kier molecular flexibility index (Phi) is 2.18. The maximum atomic E-state index is 11.4. The van der Waals surface area contributed by atoms with Gasteiger partial charge in [-0.05, 0) is 12.1 Å². The van der Waals surface area contributed by atoms with Crippen LogP contribution >= 0.6 is 0 Å². The van der Waals surface area contributed by atoms with Gasteiger partial charge in [0.2, 0.25) is 0 Å². The molecule has 1 heterocycles. The topological polar surface area (TPSA) is 55.4 Å². The van der Waals surface area contributed by atoms with E-state index in [0.717, 1.165) is 0 Å². The smallest absolute Gasteiger partial charge is 0.266 e. The third kappa shape index (κ3) is 1.46. The minimum atomic E-state index is -0.692. The fraction of sp³-hybridized carbons (Fsp3) is 0.200. The van der Waals surface area contributed by atoms with Crippen LogP contribution in [0.3, 0.4) is 0 Å². The van der Waals surface area contributed by atoms with Crippen LogP contribution in [0, 0.1) is 0 Å². The van der Waals surface area contributed by atoms with E-state index < -0.39 is 6.10 Å². The van der Waals surface area contributed by atoms with Gasteiger partial charge in [-0.25, -0.2) is 0 Å². The van der Waals surface area contributed by atoms with Gasteiger partial charge < -0.3 is 14.8 Å². The van der Waals surface area contributed by atoms with Crippen LogP contribution in [0.2, 0.25) is 0 Å². The lowest BCUT2D eigenvalue weighted by Crippen LogP contribution is -2.37. The Balaban J connectivity index is 2.26. The normalized spacial score (nSPS) is 19.1. The number of fused-ring (bicyclic) bond motifs is 1. The zero-order valence-corrected chi connectivity index (χ0v) is 7.40. The summed E-state index contributed by atoms with van der Waals surface area (Å²) in [6.07, 6.45) is 0.0700. The third-order valence-electron chi connectivity index (χ3n) is 2.02. The number of aldehydes is 1. The largest absolute Gasteiger partial charge is 0.478 e. The SMILES string of the molecule is O=CCC1Oc2ccccc2NC1=O. The molecule has 1 N–H and O–H groups in total. The van der Waals surface area contributed by atoms with E-state index in [2.05, 4.69) is 5.32 Å². The molecule has 4 heteroatoms. The average Bonchev–Trinajstić information content (AvgIpc) is 2.19. The maximum absolute atomic E-state index is 11.4. The van der Waals surface area contributed by atoms with Gasteiger partial charge in [-0.1, -0.05) is 12.1 Å². The first-order valence-corrected chi connectivity index (χ1v) is 4.31. The number of anilines is 1. The summed E-state index contributed by atoms with van der Waals surface area (Å²) in [4.78, 5) is 21.6. The number of carbonyl (C=O) groups excluding carboxylic acids is 2. The lowest BCUT2D eigenvalue weighted by molar-refractivity contribution is -0.126. The summed E-state index contributed by atoms with van der Waals surface area (Å²) in [5.74, 6) is 0.342. The van der Waals surface area contributed by atoms with Crippen molar-refractivity contribution in [2.45, 2.75) is 12.5 Å². The van der Waals surface area contributed by atoms with E-state index in [4.69, 9.17) is 4.74 Å². The Bertz CT molecular complexity index is 375. The van der Waals surface area contributed by atoms with Crippen LogP contribution in [-0.4, -0.2) is 18.3 Å². The first-order valence-electron chi connectivity index (χ1n) is 4.31. The molecular weight excluding hydrogens is 182 g/mol. The van der Waals surface area contributed by atoms with Crippen molar-refractivity contribution in [1.82, 2.24) is 0 Å². The summed E-state index contributed by atoms with van der Waals surface area (Å²) < 4.78 is 5.34. The van der Waals surface area contributed by atoms with Crippen molar-refractivity contribution in [3.63, 3.8) is 0 Å². The van der Waals surface area contributed by atoms with Crippen molar-refractivity contribution in [3.8, 4) is 5.75 Å². The van der Waals surface area contributed by atoms with Crippen LogP contribution in [0.1, 0.15) is 6.42 Å². The summed E-state index contributed by atoms with van der Waals surface area (Å²) >= 11 is 0. The van der Waals surface area contributed by atoms with Crippen molar-refractivity contribution < 1.29 is 14.3 Å². The first-order chi connectivity index (χ1) is 6.81. The van der Waals surface area contributed by atoms with Gasteiger partial charge in [-0.2, -0.15) is 0 Å². The van der Waals surface area contributed by atoms with Crippen molar-refractivity contribution in [1.29, 1.82) is 0 Å². The number of hydrogen-bond acceptors (Lipinski definition) is 3. The Labute approximate surface area is 80.9 Å². The number of nitrogens with one attached hydrogen (secondary N) is 1. The number of amides is 1. The molecule has 72 valence electrons. The van der Waals surface area contributed by atoms with Gasteiger partial charge in [0, 0.05) is 6.42 Å². The Morgan fingerprint density at radius 2 is 2.21 bits per heavy atom. The number of benzene rings is 1. The molecule has 1 aliphatic heterocycles. The fourth-order valence-electron chi connectivity index (χ4n) is 1.34. The molecule has 1 aliphatic rings. The van der Waals surface area contributed by atoms with Crippen molar-refractivity contribution in [3.05, 3.63) is 24.3 Å². The van der Waals surface area contributed by atoms with Crippen LogP contribution in [0.25, 0.3) is 0 Å². The molecule has 1 atom stereocenters. The van der Waals surface area contributed by atoms with Gasteiger partial charge in [0.1, 0.15) is 12.0 Å². The Morgan fingerprint density at radius 3 is 3.00 bits per heavy atom. The molecule has 1 unspecified atom stereocenters. The summed E-state index contributed by atoms with van der Waals surface area (Å²) in [5, 5.41) is 2.67. The number of ether oxygens (including phenoxy) is 1. The molecule has 1 amide bonds. The van der Waals surface area contributed by atoms with Gasteiger partial charge in [-0.15, -0.1) is 0 Å². The summed E-state index contributed by atoms with van der Waals surface area (Å²) in [7, 11) is 0. The van der Waals surface area contributed by atoms with Crippen LogP contribution in [-0.2, 0) is 9.59 Å². The second-order valence-corrected chi connectivity index (χ2v) is 2.99. The second kappa shape index (κ2) is 3.49. The summed E-state index contributed by atoms with van der Waals surface area (Å²) in [6, 6.07) is 7.13. The number of hydrogen-bond donors (Lipinski definition) is 1. The predicted octanol–water partition coefficient (Wildman–Crippen LogP) is 0.975. The monoisotopic (exact) mass is 191 g/mol. The quantitative estimate of drug-likeness (QED) is 0.709. The highest BCUT2D eigenvalue weighted by molar-refractivity contribution is 5.98. The number of para-hydroxylation sites is 2. The molecule has 0 saturated carbocycles. The van der Waals surface area contributed by atoms with E-state index >= 15 is 0 Å². The molecule has 0 bridgehead atoms. The van der Waals surface area contributed by atoms with E-state index in [1.165, 1.54) is 0 Å². The fourth-order valence-corrected chi connectivity index (χ4v) is 1.34. The molecule has 0 radical (unpaired) electrons.